The first-order valence-corrected chi connectivity index (χ1v) is 6.52. The minimum atomic E-state index is 0.0668. The van der Waals surface area contributed by atoms with E-state index >= 15 is 0 Å². The Hall–Kier alpha value is -0.0500. The summed E-state index contributed by atoms with van der Waals surface area (Å²) in [6.45, 7) is 2.19. The van der Waals surface area contributed by atoms with Crippen molar-refractivity contribution >= 4 is 27.5 Å². The monoisotopic (exact) mass is 289 g/mol. The van der Waals surface area contributed by atoms with Gasteiger partial charge in [0.2, 0.25) is 0 Å². The number of nitrogens with two attached hydrogens (primary N) is 1. The van der Waals surface area contributed by atoms with Crippen LogP contribution >= 0.6 is 27.5 Å². The Morgan fingerprint density at radius 3 is 2.73 bits per heavy atom. The summed E-state index contributed by atoms with van der Waals surface area (Å²) in [5, 5.41) is 0.758. The van der Waals surface area contributed by atoms with Gasteiger partial charge in [0.05, 0.1) is 0 Å². The molecule has 0 aliphatic carbocycles. The van der Waals surface area contributed by atoms with Crippen LogP contribution in [0.5, 0.6) is 0 Å². The maximum atomic E-state index is 6.13. The van der Waals surface area contributed by atoms with Gasteiger partial charge in [-0.15, -0.1) is 0 Å². The SMILES string of the molecule is CCCCC[C@@H](N)c1ccc(Br)cc1Cl. The molecule has 1 nitrogen and oxygen atoms in total. The maximum absolute atomic E-state index is 6.13. The molecular weight excluding hydrogens is 273 g/mol. The molecule has 0 fully saturated rings. The highest BCUT2D eigenvalue weighted by Crippen LogP contribution is 2.27. The summed E-state index contributed by atoms with van der Waals surface area (Å²) < 4.78 is 0.997. The van der Waals surface area contributed by atoms with E-state index in [1.807, 2.05) is 18.2 Å². The predicted octanol–water partition coefficient (Wildman–Crippen LogP) is 4.68. The lowest BCUT2D eigenvalue weighted by Gasteiger charge is -2.13. The topological polar surface area (TPSA) is 26.0 Å². The number of unbranched alkanes of at least 4 members (excludes halogenated alkanes) is 2. The van der Waals surface area contributed by atoms with E-state index in [1.165, 1.54) is 19.3 Å². The molecular formula is C12H17BrClN. The summed E-state index contributed by atoms with van der Waals surface area (Å²) in [5.74, 6) is 0. The number of halogens is 2. The number of rotatable bonds is 5. The van der Waals surface area contributed by atoms with Gasteiger partial charge in [0.15, 0.2) is 0 Å². The Morgan fingerprint density at radius 1 is 1.40 bits per heavy atom. The predicted molar refractivity (Wildman–Crippen MR) is 70.2 cm³/mol. The van der Waals surface area contributed by atoms with Crippen LogP contribution in [0.2, 0.25) is 5.02 Å². The van der Waals surface area contributed by atoms with E-state index in [1.54, 1.807) is 0 Å². The Labute approximate surface area is 105 Å². The van der Waals surface area contributed by atoms with E-state index < -0.39 is 0 Å². The molecule has 0 unspecified atom stereocenters. The van der Waals surface area contributed by atoms with Crippen molar-refractivity contribution in [2.24, 2.45) is 5.73 Å². The average Bonchev–Trinajstić information content (AvgIpc) is 2.17. The van der Waals surface area contributed by atoms with Gasteiger partial charge in [-0.3, -0.25) is 0 Å². The largest absolute Gasteiger partial charge is 0.324 e. The molecule has 0 bridgehead atoms. The summed E-state index contributed by atoms with van der Waals surface area (Å²) in [7, 11) is 0. The molecule has 0 saturated heterocycles. The lowest BCUT2D eigenvalue weighted by molar-refractivity contribution is 0.581. The molecule has 0 aromatic heterocycles. The summed E-state index contributed by atoms with van der Waals surface area (Å²) in [6.07, 6.45) is 4.64. The van der Waals surface area contributed by atoms with E-state index in [9.17, 15) is 0 Å². The number of hydrogen-bond donors (Lipinski definition) is 1. The fourth-order valence-corrected chi connectivity index (χ4v) is 2.39. The second-order valence-corrected chi connectivity index (χ2v) is 5.09. The molecule has 0 radical (unpaired) electrons. The van der Waals surface area contributed by atoms with Crippen molar-refractivity contribution in [1.29, 1.82) is 0 Å². The van der Waals surface area contributed by atoms with Crippen molar-refractivity contribution in [3.8, 4) is 0 Å². The Bertz CT molecular complexity index is 314. The quantitative estimate of drug-likeness (QED) is 0.783. The standard InChI is InChI=1S/C12H17BrClN/c1-2-3-4-5-12(15)10-7-6-9(13)8-11(10)14/h6-8,12H,2-5,15H2,1H3/t12-/m1/s1. The normalized spacial score (nSPS) is 12.8. The molecule has 2 N–H and O–H groups in total. The van der Waals surface area contributed by atoms with Crippen LogP contribution in [0.1, 0.15) is 44.2 Å². The van der Waals surface area contributed by atoms with Gasteiger partial charge in [0, 0.05) is 15.5 Å². The van der Waals surface area contributed by atoms with Crippen molar-refractivity contribution in [1.82, 2.24) is 0 Å². The Morgan fingerprint density at radius 2 is 2.13 bits per heavy atom. The van der Waals surface area contributed by atoms with Gasteiger partial charge >= 0.3 is 0 Å². The van der Waals surface area contributed by atoms with E-state index in [2.05, 4.69) is 22.9 Å². The zero-order valence-corrected chi connectivity index (χ0v) is 11.3. The molecule has 0 aliphatic heterocycles. The summed E-state index contributed by atoms with van der Waals surface area (Å²) in [6, 6.07) is 5.96. The van der Waals surface area contributed by atoms with Crippen molar-refractivity contribution in [2.45, 2.75) is 38.6 Å². The Kier molecular flexibility index (Phi) is 5.65. The molecule has 1 aromatic carbocycles. The first-order chi connectivity index (χ1) is 7.15. The van der Waals surface area contributed by atoms with Gasteiger partial charge in [0.25, 0.3) is 0 Å². The molecule has 0 amide bonds. The molecule has 0 spiro atoms. The molecule has 1 rings (SSSR count). The zero-order valence-electron chi connectivity index (χ0n) is 8.97. The molecule has 0 heterocycles. The molecule has 0 aliphatic rings. The van der Waals surface area contributed by atoms with Gasteiger partial charge in [-0.25, -0.2) is 0 Å². The van der Waals surface area contributed by atoms with Crippen molar-refractivity contribution in [2.75, 3.05) is 0 Å². The molecule has 0 saturated carbocycles. The van der Waals surface area contributed by atoms with Crippen LogP contribution in [0.3, 0.4) is 0 Å². The van der Waals surface area contributed by atoms with Crippen LogP contribution in [-0.2, 0) is 0 Å². The average molecular weight is 291 g/mol. The summed E-state index contributed by atoms with van der Waals surface area (Å²) >= 11 is 9.51. The summed E-state index contributed by atoms with van der Waals surface area (Å²) in [4.78, 5) is 0. The van der Waals surface area contributed by atoms with E-state index in [-0.39, 0.29) is 6.04 Å². The van der Waals surface area contributed by atoms with Crippen LogP contribution < -0.4 is 5.73 Å². The second-order valence-electron chi connectivity index (χ2n) is 3.77. The molecule has 1 aromatic rings. The fraction of sp³-hybridized carbons (Fsp3) is 0.500. The molecule has 15 heavy (non-hydrogen) atoms. The lowest BCUT2D eigenvalue weighted by atomic mass is 10.0. The third-order valence-electron chi connectivity index (χ3n) is 2.48. The van der Waals surface area contributed by atoms with Gasteiger partial charge in [-0.2, -0.15) is 0 Å². The van der Waals surface area contributed by atoms with Crippen molar-refractivity contribution < 1.29 is 0 Å². The van der Waals surface area contributed by atoms with Crippen LogP contribution in [0, 0.1) is 0 Å². The van der Waals surface area contributed by atoms with Crippen LogP contribution in [0.4, 0.5) is 0 Å². The molecule has 3 heteroatoms. The van der Waals surface area contributed by atoms with Gasteiger partial charge in [-0.1, -0.05) is 59.8 Å². The third kappa shape index (κ3) is 4.13. The van der Waals surface area contributed by atoms with Gasteiger partial charge < -0.3 is 5.73 Å². The Balaban J connectivity index is 2.61. The van der Waals surface area contributed by atoms with E-state index in [4.69, 9.17) is 17.3 Å². The van der Waals surface area contributed by atoms with Crippen molar-refractivity contribution in [3.63, 3.8) is 0 Å². The highest BCUT2D eigenvalue weighted by atomic mass is 79.9. The smallest absolute Gasteiger partial charge is 0.0464 e. The maximum Gasteiger partial charge on any atom is 0.0464 e. The number of hydrogen-bond acceptors (Lipinski definition) is 1. The molecule has 84 valence electrons. The van der Waals surface area contributed by atoms with E-state index in [0.717, 1.165) is 21.5 Å². The van der Waals surface area contributed by atoms with Crippen LogP contribution in [-0.4, -0.2) is 0 Å². The number of benzene rings is 1. The van der Waals surface area contributed by atoms with Crippen LogP contribution in [0.15, 0.2) is 22.7 Å². The van der Waals surface area contributed by atoms with Gasteiger partial charge in [0.1, 0.15) is 0 Å². The fourth-order valence-electron chi connectivity index (χ4n) is 1.57. The molecule has 1 atom stereocenters. The van der Waals surface area contributed by atoms with Crippen molar-refractivity contribution in [3.05, 3.63) is 33.3 Å². The first-order valence-electron chi connectivity index (χ1n) is 5.35. The minimum Gasteiger partial charge on any atom is -0.324 e. The van der Waals surface area contributed by atoms with Crippen LogP contribution in [0.25, 0.3) is 0 Å². The highest BCUT2D eigenvalue weighted by Gasteiger charge is 2.09. The third-order valence-corrected chi connectivity index (χ3v) is 3.30. The minimum absolute atomic E-state index is 0.0668. The first kappa shape index (κ1) is 13.0. The highest BCUT2D eigenvalue weighted by molar-refractivity contribution is 9.10. The van der Waals surface area contributed by atoms with E-state index in [0.29, 0.717) is 0 Å². The van der Waals surface area contributed by atoms with Gasteiger partial charge in [-0.05, 0) is 24.1 Å². The second kappa shape index (κ2) is 6.51. The lowest BCUT2D eigenvalue weighted by Crippen LogP contribution is -2.10. The summed E-state index contributed by atoms with van der Waals surface area (Å²) in [5.41, 5.74) is 7.14. The zero-order chi connectivity index (χ0) is 11.3.